The molecule has 1 fully saturated rings. The number of anilines is 1. The van der Waals surface area contributed by atoms with Crippen LogP contribution in [-0.4, -0.2) is 27.7 Å². The van der Waals surface area contributed by atoms with Gasteiger partial charge in [-0.3, -0.25) is 0 Å². The SMILES string of the molecule is Cc1ccc(S(N)(=O)=O)cc1NC1CCOC1. The maximum absolute atomic E-state index is 11.3. The molecule has 0 saturated carbocycles. The number of ether oxygens (including phenoxy) is 1. The van der Waals surface area contributed by atoms with Crippen LogP contribution in [0.15, 0.2) is 23.1 Å². The van der Waals surface area contributed by atoms with Crippen LogP contribution in [0.5, 0.6) is 0 Å². The van der Waals surface area contributed by atoms with Gasteiger partial charge in [0.1, 0.15) is 0 Å². The van der Waals surface area contributed by atoms with Gasteiger partial charge in [0.15, 0.2) is 0 Å². The molecule has 94 valence electrons. The second-order valence-electron chi connectivity index (χ2n) is 4.23. The Morgan fingerprint density at radius 1 is 1.47 bits per heavy atom. The third-order valence-electron chi connectivity index (χ3n) is 2.83. The first-order valence-electron chi connectivity index (χ1n) is 5.44. The highest BCUT2D eigenvalue weighted by atomic mass is 32.2. The van der Waals surface area contributed by atoms with E-state index in [9.17, 15) is 8.42 Å². The fraction of sp³-hybridized carbons (Fsp3) is 0.455. The third-order valence-corrected chi connectivity index (χ3v) is 3.74. The van der Waals surface area contributed by atoms with Gasteiger partial charge in [0.25, 0.3) is 0 Å². The maximum Gasteiger partial charge on any atom is 0.238 e. The molecule has 0 aliphatic carbocycles. The standard InChI is InChI=1S/C11H16N2O3S/c1-8-2-3-10(17(12,14)15)6-11(8)13-9-4-5-16-7-9/h2-3,6,9,13H,4-5,7H2,1H3,(H2,12,14,15). The molecule has 2 rings (SSSR count). The number of sulfonamides is 1. The zero-order valence-electron chi connectivity index (χ0n) is 9.64. The Hall–Kier alpha value is -1.11. The van der Waals surface area contributed by atoms with Crippen molar-refractivity contribution in [2.24, 2.45) is 5.14 Å². The molecule has 1 atom stereocenters. The van der Waals surface area contributed by atoms with Crippen LogP contribution in [0.4, 0.5) is 5.69 Å². The first kappa shape index (κ1) is 12.3. The Morgan fingerprint density at radius 2 is 2.24 bits per heavy atom. The fourth-order valence-electron chi connectivity index (χ4n) is 1.80. The molecule has 1 unspecified atom stereocenters. The normalized spacial score (nSPS) is 20.5. The largest absolute Gasteiger partial charge is 0.380 e. The molecule has 0 aromatic heterocycles. The van der Waals surface area contributed by atoms with Gasteiger partial charge in [-0.15, -0.1) is 0 Å². The summed E-state index contributed by atoms with van der Waals surface area (Å²) in [5.41, 5.74) is 1.79. The van der Waals surface area contributed by atoms with E-state index in [1.165, 1.54) is 6.07 Å². The maximum atomic E-state index is 11.3. The van der Waals surface area contributed by atoms with Crippen molar-refractivity contribution in [3.63, 3.8) is 0 Å². The van der Waals surface area contributed by atoms with Crippen molar-refractivity contribution in [3.05, 3.63) is 23.8 Å². The van der Waals surface area contributed by atoms with Gasteiger partial charge in [-0.25, -0.2) is 13.6 Å². The van der Waals surface area contributed by atoms with Crippen LogP contribution in [0.3, 0.4) is 0 Å². The van der Waals surface area contributed by atoms with Crippen LogP contribution in [0, 0.1) is 6.92 Å². The van der Waals surface area contributed by atoms with Gasteiger partial charge in [0.2, 0.25) is 10.0 Å². The average Bonchev–Trinajstić information content (AvgIpc) is 2.72. The van der Waals surface area contributed by atoms with E-state index in [0.717, 1.165) is 24.3 Å². The Kier molecular flexibility index (Phi) is 3.37. The molecule has 0 amide bonds. The predicted octanol–water partition coefficient (Wildman–Crippen LogP) is 0.843. The number of hydrogen-bond acceptors (Lipinski definition) is 4. The zero-order chi connectivity index (χ0) is 12.5. The zero-order valence-corrected chi connectivity index (χ0v) is 10.5. The summed E-state index contributed by atoms with van der Waals surface area (Å²) in [4.78, 5) is 0.129. The summed E-state index contributed by atoms with van der Waals surface area (Å²) in [5.74, 6) is 0. The second-order valence-corrected chi connectivity index (χ2v) is 5.79. The highest BCUT2D eigenvalue weighted by Gasteiger charge is 2.17. The molecule has 1 aromatic rings. The minimum atomic E-state index is -3.65. The monoisotopic (exact) mass is 256 g/mol. The number of primary sulfonamides is 1. The van der Waals surface area contributed by atoms with Gasteiger partial charge in [0, 0.05) is 12.3 Å². The molecule has 17 heavy (non-hydrogen) atoms. The summed E-state index contributed by atoms with van der Waals surface area (Å²) in [6.07, 6.45) is 0.930. The van der Waals surface area contributed by atoms with E-state index in [0.29, 0.717) is 6.61 Å². The molecule has 0 bridgehead atoms. The van der Waals surface area contributed by atoms with Crippen LogP contribution in [-0.2, 0) is 14.8 Å². The van der Waals surface area contributed by atoms with E-state index in [1.54, 1.807) is 12.1 Å². The van der Waals surface area contributed by atoms with Gasteiger partial charge < -0.3 is 10.1 Å². The number of nitrogens with two attached hydrogens (primary N) is 1. The minimum absolute atomic E-state index is 0.129. The lowest BCUT2D eigenvalue weighted by molar-refractivity contribution is 0.195. The van der Waals surface area contributed by atoms with Crippen LogP contribution < -0.4 is 10.5 Å². The number of rotatable bonds is 3. The molecule has 1 aliphatic rings. The quantitative estimate of drug-likeness (QED) is 0.839. The molecular weight excluding hydrogens is 240 g/mol. The summed E-state index contributed by atoms with van der Waals surface area (Å²) in [6.45, 7) is 3.32. The highest BCUT2D eigenvalue weighted by molar-refractivity contribution is 7.89. The first-order chi connectivity index (χ1) is 7.97. The fourth-order valence-corrected chi connectivity index (χ4v) is 2.34. The van der Waals surface area contributed by atoms with Crippen molar-refractivity contribution in [3.8, 4) is 0 Å². The lowest BCUT2D eigenvalue weighted by Gasteiger charge is -2.15. The van der Waals surface area contributed by atoms with Crippen LogP contribution in [0.2, 0.25) is 0 Å². The summed E-state index contributed by atoms with van der Waals surface area (Å²) in [7, 11) is -3.65. The topological polar surface area (TPSA) is 81.4 Å². The Morgan fingerprint density at radius 3 is 2.82 bits per heavy atom. The molecule has 1 saturated heterocycles. The van der Waals surface area contributed by atoms with E-state index in [2.05, 4.69) is 5.32 Å². The van der Waals surface area contributed by atoms with Gasteiger partial charge in [-0.05, 0) is 31.0 Å². The summed E-state index contributed by atoms with van der Waals surface area (Å²) < 4.78 is 27.8. The summed E-state index contributed by atoms with van der Waals surface area (Å²) in [5, 5.41) is 8.38. The highest BCUT2D eigenvalue weighted by Crippen LogP contribution is 2.21. The molecule has 1 aliphatic heterocycles. The molecule has 3 N–H and O–H groups in total. The Bertz CT molecular complexity index is 507. The van der Waals surface area contributed by atoms with Crippen molar-refractivity contribution in [1.29, 1.82) is 0 Å². The smallest absolute Gasteiger partial charge is 0.238 e. The minimum Gasteiger partial charge on any atom is -0.380 e. The van der Waals surface area contributed by atoms with Gasteiger partial charge in [-0.2, -0.15) is 0 Å². The van der Waals surface area contributed by atoms with E-state index < -0.39 is 10.0 Å². The van der Waals surface area contributed by atoms with Crippen LogP contribution in [0.25, 0.3) is 0 Å². The Balaban J connectivity index is 2.26. The lowest BCUT2D eigenvalue weighted by Crippen LogP contribution is -2.20. The molecule has 0 spiro atoms. The molecule has 0 radical (unpaired) electrons. The summed E-state index contributed by atoms with van der Waals surface area (Å²) in [6, 6.07) is 5.08. The summed E-state index contributed by atoms with van der Waals surface area (Å²) >= 11 is 0. The molecule has 5 nitrogen and oxygen atoms in total. The van der Waals surface area contributed by atoms with Crippen molar-refractivity contribution in [1.82, 2.24) is 0 Å². The van der Waals surface area contributed by atoms with Gasteiger partial charge in [-0.1, -0.05) is 6.07 Å². The number of nitrogens with one attached hydrogen (secondary N) is 1. The third kappa shape index (κ3) is 2.96. The van der Waals surface area contributed by atoms with Crippen molar-refractivity contribution in [2.45, 2.75) is 24.3 Å². The van der Waals surface area contributed by atoms with Crippen LogP contribution in [0.1, 0.15) is 12.0 Å². The van der Waals surface area contributed by atoms with E-state index in [1.807, 2.05) is 6.92 Å². The number of hydrogen-bond donors (Lipinski definition) is 2. The predicted molar refractivity (Wildman–Crippen MR) is 65.4 cm³/mol. The molecule has 1 heterocycles. The Labute approximate surface area is 101 Å². The molecule has 6 heteroatoms. The number of aryl methyl sites for hydroxylation is 1. The van der Waals surface area contributed by atoms with E-state index in [4.69, 9.17) is 9.88 Å². The average molecular weight is 256 g/mol. The van der Waals surface area contributed by atoms with E-state index >= 15 is 0 Å². The molecular formula is C11H16N2O3S. The van der Waals surface area contributed by atoms with Gasteiger partial charge in [0.05, 0.1) is 17.5 Å². The number of benzene rings is 1. The van der Waals surface area contributed by atoms with Crippen molar-refractivity contribution < 1.29 is 13.2 Å². The first-order valence-corrected chi connectivity index (χ1v) is 6.99. The second kappa shape index (κ2) is 4.64. The van der Waals surface area contributed by atoms with Gasteiger partial charge >= 0.3 is 0 Å². The van der Waals surface area contributed by atoms with Crippen molar-refractivity contribution >= 4 is 15.7 Å². The van der Waals surface area contributed by atoms with E-state index in [-0.39, 0.29) is 10.9 Å². The molecule has 1 aromatic carbocycles. The van der Waals surface area contributed by atoms with Crippen LogP contribution >= 0.6 is 0 Å². The van der Waals surface area contributed by atoms with Crippen molar-refractivity contribution in [2.75, 3.05) is 18.5 Å². The lowest BCUT2D eigenvalue weighted by atomic mass is 10.1.